The van der Waals surface area contributed by atoms with Crippen molar-refractivity contribution < 1.29 is 4.74 Å². The molecular weight excluding hydrogens is 224 g/mol. The van der Waals surface area contributed by atoms with Crippen LogP contribution in [0, 0.1) is 0 Å². The molecule has 1 aliphatic rings. The minimum Gasteiger partial charge on any atom is -0.491 e. The van der Waals surface area contributed by atoms with Gasteiger partial charge < -0.3 is 15.4 Å². The molecular formula is C15H24N2O. The zero-order chi connectivity index (χ0) is 12.8. The van der Waals surface area contributed by atoms with E-state index in [0.29, 0.717) is 0 Å². The molecule has 2 rings (SSSR count). The molecule has 3 heteroatoms. The molecule has 1 heterocycles. The van der Waals surface area contributed by atoms with E-state index in [-0.39, 0.29) is 0 Å². The van der Waals surface area contributed by atoms with Gasteiger partial charge in [0.05, 0.1) is 12.3 Å². The van der Waals surface area contributed by atoms with Gasteiger partial charge in [-0.25, -0.2) is 0 Å². The molecule has 18 heavy (non-hydrogen) atoms. The number of rotatable bonds is 7. The normalized spacial score (nSPS) is 13.8. The van der Waals surface area contributed by atoms with E-state index in [4.69, 9.17) is 10.5 Å². The molecule has 1 aromatic carbocycles. The first-order valence-corrected chi connectivity index (χ1v) is 7.06. The number of nitrogens with zero attached hydrogens (tertiary/aromatic N) is 1. The van der Waals surface area contributed by atoms with Crippen LogP contribution in [0.15, 0.2) is 18.2 Å². The van der Waals surface area contributed by atoms with Crippen molar-refractivity contribution in [3.8, 4) is 5.75 Å². The van der Waals surface area contributed by atoms with Gasteiger partial charge in [-0.2, -0.15) is 0 Å². The molecule has 0 bridgehead atoms. The van der Waals surface area contributed by atoms with Crippen LogP contribution in [0.3, 0.4) is 0 Å². The first-order chi connectivity index (χ1) is 8.86. The van der Waals surface area contributed by atoms with Crippen LogP contribution in [0.25, 0.3) is 0 Å². The lowest BCUT2D eigenvalue weighted by Gasteiger charge is -2.21. The average molecular weight is 248 g/mol. The second-order valence-electron chi connectivity index (χ2n) is 4.85. The predicted octanol–water partition coefficient (Wildman–Crippen LogP) is 2.58. The van der Waals surface area contributed by atoms with E-state index in [1.165, 1.54) is 17.7 Å². The summed E-state index contributed by atoms with van der Waals surface area (Å²) in [5, 5.41) is 0. The lowest BCUT2D eigenvalue weighted by atomic mass is 10.1. The first-order valence-electron chi connectivity index (χ1n) is 7.06. The molecule has 0 amide bonds. The third-order valence-electron chi connectivity index (χ3n) is 3.44. The maximum Gasteiger partial charge on any atom is 0.142 e. The van der Waals surface area contributed by atoms with Crippen molar-refractivity contribution in [2.75, 3.05) is 31.1 Å². The third kappa shape index (κ3) is 2.96. The van der Waals surface area contributed by atoms with Crippen molar-refractivity contribution in [1.82, 2.24) is 0 Å². The van der Waals surface area contributed by atoms with E-state index >= 15 is 0 Å². The summed E-state index contributed by atoms with van der Waals surface area (Å²) in [7, 11) is 0. The van der Waals surface area contributed by atoms with Crippen LogP contribution in [0.4, 0.5) is 5.69 Å². The lowest BCUT2D eigenvalue weighted by Crippen LogP contribution is -2.24. The highest BCUT2D eigenvalue weighted by molar-refractivity contribution is 5.67. The van der Waals surface area contributed by atoms with Crippen LogP contribution in [0.1, 0.15) is 31.7 Å². The van der Waals surface area contributed by atoms with Crippen LogP contribution in [0.2, 0.25) is 0 Å². The number of anilines is 1. The van der Waals surface area contributed by atoms with Gasteiger partial charge >= 0.3 is 0 Å². The van der Waals surface area contributed by atoms with E-state index in [9.17, 15) is 0 Å². The summed E-state index contributed by atoms with van der Waals surface area (Å²) in [6.45, 7) is 5.90. The van der Waals surface area contributed by atoms with Gasteiger partial charge in [0.15, 0.2) is 0 Å². The maximum absolute atomic E-state index is 5.93. The zero-order valence-electron chi connectivity index (χ0n) is 11.3. The molecule has 0 fully saturated rings. The molecule has 0 unspecified atom stereocenters. The number of hydrogen-bond donors (Lipinski definition) is 1. The molecule has 1 aliphatic heterocycles. The molecule has 0 atom stereocenters. The van der Waals surface area contributed by atoms with Gasteiger partial charge in [0.25, 0.3) is 0 Å². The molecule has 1 aromatic rings. The molecule has 100 valence electrons. The predicted molar refractivity (Wildman–Crippen MR) is 76.4 cm³/mol. The lowest BCUT2D eigenvalue weighted by molar-refractivity contribution is 0.310. The molecule has 3 nitrogen and oxygen atoms in total. The van der Waals surface area contributed by atoms with E-state index in [1.807, 2.05) is 0 Å². The maximum atomic E-state index is 5.93. The van der Waals surface area contributed by atoms with Gasteiger partial charge in [-0.05, 0) is 37.4 Å². The third-order valence-corrected chi connectivity index (χ3v) is 3.44. The van der Waals surface area contributed by atoms with E-state index in [2.05, 4.69) is 30.0 Å². The minimum atomic E-state index is 0.755. The molecule has 0 aromatic heterocycles. The number of unbranched alkanes of at least 4 members (excludes halogenated alkanes) is 1. The van der Waals surface area contributed by atoms with Crippen molar-refractivity contribution in [2.24, 2.45) is 5.73 Å². The van der Waals surface area contributed by atoms with Crippen LogP contribution < -0.4 is 15.4 Å². The smallest absolute Gasteiger partial charge is 0.142 e. The van der Waals surface area contributed by atoms with Crippen molar-refractivity contribution in [1.29, 1.82) is 0 Å². The van der Waals surface area contributed by atoms with Gasteiger partial charge in [-0.15, -0.1) is 0 Å². The Morgan fingerprint density at radius 3 is 3.00 bits per heavy atom. The second kappa shape index (κ2) is 6.64. The van der Waals surface area contributed by atoms with Crippen molar-refractivity contribution >= 4 is 5.69 Å². The Labute approximate surface area is 110 Å². The topological polar surface area (TPSA) is 38.5 Å². The average Bonchev–Trinajstić information content (AvgIpc) is 2.81. The summed E-state index contributed by atoms with van der Waals surface area (Å²) in [6, 6.07) is 6.41. The quantitative estimate of drug-likeness (QED) is 0.754. The largest absolute Gasteiger partial charge is 0.491 e. The number of benzene rings is 1. The molecule has 2 N–H and O–H groups in total. The Bertz CT molecular complexity index is 379. The number of para-hydroxylation sites is 1. The van der Waals surface area contributed by atoms with Crippen LogP contribution >= 0.6 is 0 Å². The summed E-state index contributed by atoms with van der Waals surface area (Å²) < 4.78 is 5.93. The molecule has 0 aliphatic carbocycles. The molecule has 0 saturated heterocycles. The zero-order valence-corrected chi connectivity index (χ0v) is 11.3. The Kier molecular flexibility index (Phi) is 4.88. The van der Waals surface area contributed by atoms with Gasteiger partial charge in [0, 0.05) is 13.1 Å². The highest BCUT2D eigenvalue weighted by Crippen LogP contribution is 2.37. The number of nitrogens with two attached hydrogens (primary N) is 1. The molecule has 0 saturated carbocycles. The fraction of sp³-hybridized carbons (Fsp3) is 0.600. The highest BCUT2D eigenvalue weighted by atomic mass is 16.5. The summed E-state index contributed by atoms with van der Waals surface area (Å²) in [5.41, 5.74) is 8.33. The van der Waals surface area contributed by atoms with Crippen LogP contribution in [0.5, 0.6) is 5.75 Å². The SMILES string of the molecule is CCCCOc1cccc2c1N(CCCN)CC2. The number of ether oxygens (including phenoxy) is 1. The highest BCUT2D eigenvalue weighted by Gasteiger charge is 2.22. The summed E-state index contributed by atoms with van der Waals surface area (Å²) in [6.07, 6.45) is 4.46. The summed E-state index contributed by atoms with van der Waals surface area (Å²) >= 11 is 0. The fourth-order valence-electron chi connectivity index (χ4n) is 2.44. The van der Waals surface area contributed by atoms with Gasteiger partial charge in [0.2, 0.25) is 0 Å². The number of hydrogen-bond acceptors (Lipinski definition) is 3. The van der Waals surface area contributed by atoms with E-state index in [0.717, 1.165) is 51.3 Å². The second-order valence-corrected chi connectivity index (χ2v) is 4.85. The fourth-order valence-corrected chi connectivity index (χ4v) is 2.44. The Morgan fingerprint density at radius 1 is 1.33 bits per heavy atom. The Balaban J connectivity index is 2.09. The summed E-state index contributed by atoms with van der Waals surface area (Å²) in [4.78, 5) is 2.42. The Hall–Kier alpha value is -1.22. The van der Waals surface area contributed by atoms with E-state index in [1.54, 1.807) is 0 Å². The number of fused-ring (bicyclic) bond motifs is 1. The molecule has 0 spiro atoms. The monoisotopic (exact) mass is 248 g/mol. The standard InChI is InChI=1S/C15H24N2O/c1-2-3-12-18-14-7-4-6-13-8-11-17(15(13)14)10-5-9-16/h4,6-7H,2-3,5,8-12,16H2,1H3. The summed E-state index contributed by atoms with van der Waals surface area (Å²) in [5.74, 6) is 1.05. The van der Waals surface area contributed by atoms with Crippen LogP contribution in [-0.2, 0) is 6.42 Å². The minimum absolute atomic E-state index is 0.755. The molecule has 0 radical (unpaired) electrons. The van der Waals surface area contributed by atoms with Crippen molar-refractivity contribution in [2.45, 2.75) is 32.6 Å². The van der Waals surface area contributed by atoms with E-state index < -0.39 is 0 Å². The van der Waals surface area contributed by atoms with Crippen LogP contribution in [-0.4, -0.2) is 26.2 Å². The van der Waals surface area contributed by atoms with Gasteiger partial charge in [-0.1, -0.05) is 25.5 Å². The van der Waals surface area contributed by atoms with Crippen molar-refractivity contribution in [3.63, 3.8) is 0 Å². The first kappa shape index (κ1) is 13.2. The van der Waals surface area contributed by atoms with Gasteiger partial charge in [-0.3, -0.25) is 0 Å². The Morgan fingerprint density at radius 2 is 2.22 bits per heavy atom. The van der Waals surface area contributed by atoms with Crippen molar-refractivity contribution in [3.05, 3.63) is 23.8 Å². The van der Waals surface area contributed by atoms with Gasteiger partial charge in [0.1, 0.15) is 5.75 Å².